The van der Waals surface area contributed by atoms with Gasteiger partial charge in [0.15, 0.2) is 0 Å². The van der Waals surface area contributed by atoms with Crippen molar-refractivity contribution in [2.24, 2.45) is 0 Å². The zero-order valence-electron chi connectivity index (χ0n) is 13.7. The molecule has 3 heterocycles. The number of rotatable bonds is 4. The Labute approximate surface area is 153 Å². The van der Waals surface area contributed by atoms with E-state index in [1.807, 2.05) is 36.9 Å². The molecule has 1 fully saturated rings. The summed E-state index contributed by atoms with van der Waals surface area (Å²) >= 11 is 3.52. The summed E-state index contributed by atoms with van der Waals surface area (Å²) in [6, 6.07) is 9.16. The number of benzene rings is 1. The van der Waals surface area contributed by atoms with Crippen LogP contribution < -0.4 is 10.1 Å². The second kappa shape index (κ2) is 7.01. The number of hydrogen-bond acceptors (Lipinski definition) is 6. The third kappa shape index (κ3) is 3.77. The molecule has 4 rings (SSSR count). The normalized spacial score (nSPS) is 16.9. The van der Waals surface area contributed by atoms with E-state index in [1.54, 1.807) is 29.7 Å². The van der Waals surface area contributed by atoms with Gasteiger partial charge in [-0.05, 0) is 43.4 Å². The third-order valence-electron chi connectivity index (χ3n) is 3.92. The zero-order valence-corrected chi connectivity index (χ0v) is 15.3. The molecular formula is C18H17N3O2S2. The summed E-state index contributed by atoms with van der Waals surface area (Å²) in [7, 11) is 0. The fourth-order valence-electron chi connectivity index (χ4n) is 2.72. The van der Waals surface area contributed by atoms with Gasteiger partial charge < -0.3 is 10.1 Å². The van der Waals surface area contributed by atoms with Gasteiger partial charge in [-0.3, -0.25) is 4.79 Å². The van der Waals surface area contributed by atoms with E-state index >= 15 is 0 Å². The molecule has 128 valence electrons. The predicted octanol–water partition coefficient (Wildman–Crippen LogP) is 4.14. The van der Waals surface area contributed by atoms with Crippen LogP contribution in [-0.4, -0.2) is 33.5 Å². The summed E-state index contributed by atoms with van der Waals surface area (Å²) in [6.07, 6.45) is 2.82. The molecule has 7 heteroatoms. The van der Waals surface area contributed by atoms with Crippen LogP contribution in [0.1, 0.15) is 21.8 Å². The van der Waals surface area contributed by atoms with Crippen LogP contribution in [0, 0.1) is 6.92 Å². The minimum atomic E-state index is -0.181. The molecular weight excluding hydrogens is 354 g/mol. The van der Waals surface area contributed by atoms with Crippen LogP contribution in [0.15, 0.2) is 36.5 Å². The fraction of sp³-hybridized carbons (Fsp3) is 0.278. The van der Waals surface area contributed by atoms with Crippen LogP contribution in [0.3, 0.4) is 0 Å². The van der Waals surface area contributed by atoms with Crippen molar-refractivity contribution in [3.8, 4) is 5.88 Å². The quantitative estimate of drug-likeness (QED) is 0.747. The summed E-state index contributed by atoms with van der Waals surface area (Å²) in [5, 5.41) is 3.93. The van der Waals surface area contributed by atoms with Gasteiger partial charge in [-0.2, -0.15) is 11.8 Å². The summed E-state index contributed by atoms with van der Waals surface area (Å²) in [4.78, 5) is 21.2. The molecule has 1 aliphatic heterocycles. The van der Waals surface area contributed by atoms with Gasteiger partial charge in [-0.25, -0.2) is 9.97 Å². The van der Waals surface area contributed by atoms with Gasteiger partial charge in [0.25, 0.3) is 5.91 Å². The van der Waals surface area contributed by atoms with E-state index in [0.717, 1.165) is 38.8 Å². The zero-order chi connectivity index (χ0) is 17.2. The lowest BCUT2D eigenvalue weighted by Crippen LogP contribution is -2.17. The number of amides is 1. The Bertz CT molecular complexity index is 920. The molecule has 0 radical (unpaired) electrons. The number of aryl methyl sites for hydroxylation is 1. The standard InChI is InChI=1S/C18H17N3O2S2/c1-11-20-15-9-13(2-3-16(15)25-11)21-18(22)12-4-6-19-17(8-12)23-14-5-7-24-10-14/h2-4,6,8-9,14H,5,7,10H2,1H3,(H,21,22)/t14-/m0/s1. The summed E-state index contributed by atoms with van der Waals surface area (Å²) in [5.41, 5.74) is 2.16. The maximum Gasteiger partial charge on any atom is 0.255 e. The molecule has 0 unspecified atom stereocenters. The van der Waals surface area contributed by atoms with Gasteiger partial charge in [-0.15, -0.1) is 11.3 Å². The van der Waals surface area contributed by atoms with Crippen molar-refractivity contribution in [3.05, 3.63) is 47.1 Å². The maximum absolute atomic E-state index is 12.5. The lowest BCUT2D eigenvalue weighted by atomic mass is 10.2. The largest absolute Gasteiger partial charge is 0.473 e. The Morgan fingerprint density at radius 3 is 3.08 bits per heavy atom. The molecule has 5 nitrogen and oxygen atoms in total. The molecule has 0 aliphatic carbocycles. The van der Waals surface area contributed by atoms with E-state index in [0.29, 0.717) is 11.4 Å². The van der Waals surface area contributed by atoms with Gasteiger partial charge in [0.05, 0.1) is 15.2 Å². The lowest BCUT2D eigenvalue weighted by Gasteiger charge is -2.12. The van der Waals surface area contributed by atoms with Crippen molar-refractivity contribution in [1.29, 1.82) is 0 Å². The molecule has 3 aromatic rings. The van der Waals surface area contributed by atoms with Crippen molar-refractivity contribution in [3.63, 3.8) is 0 Å². The Morgan fingerprint density at radius 1 is 1.32 bits per heavy atom. The number of thiazole rings is 1. The number of pyridine rings is 1. The summed E-state index contributed by atoms with van der Waals surface area (Å²) in [5.74, 6) is 2.42. The van der Waals surface area contributed by atoms with Gasteiger partial charge in [0, 0.05) is 29.3 Å². The number of carbonyl (C=O) groups excluding carboxylic acids is 1. The second-order valence-corrected chi connectivity index (χ2v) is 8.24. The Hall–Kier alpha value is -2.12. The minimum absolute atomic E-state index is 0.181. The number of ether oxygens (including phenoxy) is 1. The molecule has 25 heavy (non-hydrogen) atoms. The first kappa shape index (κ1) is 16.4. The number of anilines is 1. The van der Waals surface area contributed by atoms with Crippen molar-refractivity contribution in [1.82, 2.24) is 9.97 Å². The van der Waals surface area contributed by atoms with E-state index in [-0.39, 0.29) is 12.0 Å². The Morgan fingerprint density at radius 2 is 2.24 bits per heavy atom. The highest BCUT2D eigenvalue weighted by Gasteiger charge is 2.18. The van der Waals surface area contributed by atoms with Crippen LogP contribution in [0.4, 0.5) is 5.69 Å². The van der Waals surface area contributed by atoms with Crippen molar-refractivity contribution in [2.75, 3.05) is 16.8 Å². The number of hydrogen-bond donors (Lipinski definition) is 1. The number of aromatic nitrogens is 2. The van der Waals surface area contributed by atoms with Crippen LogP contribution in [0.5, 0.6) is 5.88 Å². The van der Waals surface area contributed by atoms with Crippen molar-refractivity contribution < 1.29 is 9.53 Å². The first-order valence-corrected chi connectivity index (χ1v) is 10.0. The first-order valence-electron chi connectivity index (χ1n) is 8.06. The molecule has 0 bridgehead atoms. The van der Waals surface area contributed by atoms with Gasteiger partial charge in [0.1, 0.15) is 6.10 Å². The van der Waals surface area contributed by atoms with E-state index in [1.165, 1.54) is 0 Å². The molecule has 1 aromatic carbocycles. The molecule has 1 aliphatic rings. The fourth-order valence-corrected chi connectivity index (χ4v) is 4.62. The number of carbonyl (C=O) groups is 1. The average Bonchev–Trinajstić information content (AvgIpc) is 3.23. The van der Waals surface area contributed by atoms with E-state index in [9.17, 15) is 4.79 Å². The van der Waals surface area contributed by atoms with E-state index in [2.05, 4.69) is 15.3 Å². The number of nitrogens with one attached hydrogen (secondary N) is 1. The minimum Gasteiger partial charge on any atom is -0.473 e. The van der Waals surface area contributed by atoms with E-state index in [4.69, 9.17) is 4.74 Å². The molecule has 0 saturated carbocycles. The Balaban J connectivity index is 1.49. The van der Waals surface area contributed by atoms with Gasteiger partial charge in [0.2, 0.25) is 5.88 Å². The third-order valence-corrected chi connectivity index (χ3v) is 6.01. The number of thioether (sulfide) groups is 1. The second-order valence-electron chi connectivity index (χ2n) is 5.86. The molecule has 1 atom stereocenters. The first-order chi connectivity index (χ1) is 12.2. The topological polar surface area (TPSA) is 64.1 Å². The lowest BCUT2D eigenvalue weighted by molar-refractivity contribution is 0.102. The van der Waals surface area contributed by atoms with Crippen LogP contribution in [0.2, 0.25) is 0 Å². The molecule has 0 spiro atoms. The predicted molar refractivity (Wildman–Crippen MR) is 103 cm³/mol. The molecule has 1 saturated heterocycles. The number of nitrogens with zero attached hydrogens (tertiary/aromatic N) is 2. The highest BCUT2D eigenvalue weighted by Crippen LogP contribution is 2.25. The van der Waals surface area contributed by atoms with Gasteiger partial charge in [-0.1, -0.05) is 0 Å². The van der Waals surface area contributed by atoms with Crippen LogP contribution in [0.25, 0.3) is 10.2 Å². The summed E-state index contributed by atoms with van der Waals surface area (Å²) in [6.45, 7) is 1.98. The summed E-state index contributed by atoms with van der Waals surface area (Å²) < 4.78 is 6.97. The average molecular weight is 371 g/mol. The van der Waals surface area contributed by atoms with Crippen LogP contribution in [-0.2, 0) is 0 Å². The number of fused-ring (bicyclic) bond motifs is 1. The molecule has 2 aromatic heterocycles. The SMILES string of the molecule is Cc1nc2cc(NC(=O)c3ccnc(O[C@H]4CCSC4)c3)ccc2s1. The highest BCUT2D eigenvalue weighted by molar-refractivity contribution is 7.99. The monoisotopic (exact) mass is 371 g/mol. The van der Waals surface area contributed by atoms with Crippen molar-refractivity contribution >= 4 is 44.9 Å². The smallest absolute Gasteiger partial charge is 0.255 e. The van der Waals surface area contributed by atoms with Crippen molar-refractivity contribution in [2.45, 2.75) is 19.4 Å². The maximum atomic E-state index is 12.5. The van der Waals surface area contributed by atoms with Crippen LogP contribution >= 0.6 is 23.1 Å². The van der Waals surface area contributed by atoms with Gasteiger partial charge >= 0.3 is 0 Å². The molecule has 1 N–H and O–H groups in total. The van der Waals surface area contributed by atoms with E-state index < -0.39 is 0 Å². The Kier molecular flexibility index (Phi) is 4.59. The molecule has 1 amide bonds. The highest BCUT2D eigenvalue weighted by atomic mass is 32.2.